The predicted molar refractivity (Wildman–Crippen MR) is 55.6 cm³/mol. The van der Waals surface area contributed by atoms with Crippen molar-refractivity contribution in [3.05, 3.63) is 36.4 Å². The topological polar surface area (TPSA) is 18.5 Å². The van der Waals surface area contributed by atoms with Crippen molar-refractivity contribution < 1.29 is 0 Å². The number of likely N-dealkylation sites (N-methyl/N-ethyl adjacent to an activating group) is 1. The van der Waals surface area contributed by atoms with E-state index in [1.165, 1.54) is 0 Å². The zero-order valence-electron chi connectivity index (χ0n) is 8.54. The second kappa shape index (κ2) is 4.03. The molecule has 0 spiro atoms. The lowest BCUT2D eigenvalue weighted by atomic mass is 10.2. The van der Waals surface area contributed by atoms with Gasteiger partial charge in [-0.2, -0.15) is 0 Å². The van der Waals surface area contributed by atoms with Crippen LogP contribution in [0.15, 0.2) is 36.4 Å². The first kappa shape index (κ1) is 9.71. The van der Waals surface area contributed by atoms with E-state index in [0.717, 1.165) is 17.9 Å². The molecule has 1 N–H and O–H groups in total. The molecule has 0 bridgehead atoms. The van der Waals surface area contributed by atoms with Crippen LogP contribution in [0.2, 0.25) is 0 Å². The Morgan fingerprint density at radius 3 is 2.62 bits per heavy atom. The first-order valence-corrected chi connectivity index (χ1v) is 4.33. The average molecular weight is 179 g/mol. The number of hydrogen-bond donors (Lipinski definition) is 1. The smallest absolute Gasteiger partial charge is 0.0934 e. The van der Waals surface area contributed by atoms with Crippen molar-refractivity contribution in [1.82, 2.24) is 15.1 Å². The molecular weight excluding hydrogens is 162 g/mol. The highest BCUT2D eigenvalue weighted by Crippen LogP contribution is 2.09. The fourth-order valence-electron chi connectivity index (χ4n) is 1.19. The summed E-state index contributed by atoms with van der Waals surface area (Å²) in [6.07, 6.45) is 6.14. The van der Waals surface area contributed by atoms with E-state index in [0.29, 0.717) is 0 Å². The van der Waals surface area contributed by atoms with Gasteiger partial charge in [0.2, 0.25) is 0 Å². The van der Waals surface area contributed by atoms with Gasteiger partial charge in [-0.15, -0.1) is 0 Å². The van der Waals surface area contributed by atoms with Crippen LogP contribution < -0.4 is 5.32 Å². The Morgan fingerprint density at radius 1 is 1.54 bits per heavy atom. The zero-order chi connectivity index (χ0) is 9.84. The fraction of sp³-hybridized carbons (Fsp3) is 0.400. The molecule has 3 heteroatoms. The third kappa shape index (κ3) is 2.54. The second-order valence-corrected chi connectivity index (χ2v) is 3.28. The van der Waals surface area contributed by atoms with Gasteiger partial charge in [-0.05, 0) is 12.5 Å². The van der Waals surface area contributed by atoms with Gasteiger partial charge in [0.1, 0.15) is 0 Å². The summed E-state index contributed by atoms with van der Waals surface area (Å²) < 4.78 is 0. The first-order valence-electron chi connectivity index (χ1n) is 4.33. The van der Waals surface area contributed by atoms with Crippen LogP contribution in [0.4, 0.5) is 0 Å². The molecule has 1 rings (SSSR count). The van der Waals surface area contributed by atoms with Crippen LogP contribution in [0.25, 0.3) is 0 Å². The second-order valence-electron chi connectivity index (χ2n) is 3.28. The minimum Gasteiger partial charge on any atom is -0.387 e. The predicted octanol–water partition coefficient (Wildman–Crippen LogP) is 1.30. The Labute approximate surface area is 80.0 Å². The van der Waals surface area contributed by atoms with Crippen LogP contribution in [0.5, 0.6) is 0 Å². The largest absolute Gasteiger partial charge is 0.387 e. The highest BCUT2D eigenvalue weighted by atomic mass is 15.3. The molecule has 1 aliphatic heterocycles. The number of rotatable bonds is 3. The lowest BCUT2D eigenvalue weighted by Crippen LogP contribution is -2.20. The molecule has 1 heterocycles. The van der Waals surface area contributed by atoms with Crippen molar-refractivity contribution in [2.75, 3.05) is 20.8 Å². The molecule has 0 amide bonds. The summed E-state index contributed by atoms with van der Waals surface area (Å²) in [6, 6.07) is 0. The van der Waals surface area contributed by atoms with Crippen molar-refractivity contribution in [1.29, 1.82) is 0 Å². The average Bonchev–Trinajstić information content (AvgIpc) is 2.46. The third-order valence-corrected chi connectivity index (χ3v) is 1.92. The fourth-order valence-corrected chi connectivity index (χ4v) is 1.19. The van der Waals surface area contributed by atoms with Gasteiger partial charge >= 0.3 is 0 Å². The van der Waals surface area contributed by atoms with Crippen molar-refractivity contribution in [2.45, 2.75) is 6.92 Å². The monoisotopic (exact) mass is 179 g/mol. The van der Waals surface area contributed by atoms with Gasteiger partial charge in [0.25, 0.3) is 0 Å². The van der Waals surface area contributed by atoms with Crippen LogP contribution in [0.3, 0.4) is 0 Å². The Bertz CT molecular complexity index is 253. The molecule has 0 aromatic carbocycles. The van der Waals surface area contributed by atoms with Crippen LogP contribution >= 0.6 is 0 Å². The molecule has 3 nitrogen and oxygen atoms in total. The van der Waals surface area contributed by atoms with E-state index in [1.807, 2.05) is 33.4 Å². The quantitative estimate of drug-likeness (QED) is 0.659. The van der Waals surface area contributed by atoms with Crippen LogP contribution in [0.1, 0.15) is 6.92 Å². The number of nitrogens with one attached hydrogen (secondary N) is 1. The van der Waals surface area contributed by atoms with Gasteiger partial charge in [0.05, 0.1) is 12.4 Å². The molecule has 13 heavy (non-hydrogen) atoms. The van der Waals surface area contributed by atoms with E-state index in [4.69, 9.17) is 0 Å². The van der Waals surface area contributed by atoms with E-state index < -0.39 is 0 Å². The van der Waals surface area contributed by atoms with Crippen LogP contribution in [0, 0.1) is 0 Å². The zero-order valence-corrected chi connectivity index (χ0v) is 8.54. The SMILES string of the molecule is C=C(C)/C(=C/N1C=CN(C)C1)NC. The Hall–Kier alpha value is -1.38. The van der Waals surface area contributed by atoms with Crippen molar-refractivity contribution >= 4 is 0 Å². The normalized spacial score (nSPS) is 16.7. The molecule has 0 aromatic rings. The van der Waals surface area contributed by atoms with E-state index in [9.17, 15) is 0 Å². The number of hydrogen-bond acceptors (Lipinski definition) is 3. The lowest BCUT2D eigenvalue weighted by Gasteiger charge is -2.16. The van der Waals surface area contributed by atoms with E-state index in [2.05, 4.69) is 27.9 Å². The van der Waals surface area contributed by atoms with Crippen molar-refractivity contribution in [3.63, 3.8) is 0 Å². The summed E-state index contributed by atoms with van der Waals surface area (Å²) in [4.78, 5) is 4.22. The van der Waals surface area contributed by atoms with Gasteiger partial charge in [-0.1, -0.05) is 6.58 Å². The molecule has 72 valence electrons. The van der Waals surface area contributed by atoms with E-state index in [1.54, 1.807) is 0 Å². The van der Waals surface area contributed by atoms with E-state index in [-0.39, 0.29) is 0 Å². The minimum absolute atomic E-state index is 0.901. The molecule has 0 atom stereocenters. The molecule has 0 aliphatic carbocycles. The van der Waals surface area contributed by atoms with Gasteiger partial charge in [-0.25, -0.2) is 0 Å². The molecule has 0 fully saturated rings. The van der Waals surface area contributed by atoms with Crippen LogP contribution in [-0.4, -0.2) is 30.6 Å². The summed E-state index contributed by atoms with van der Waals surface area (Å²) in [6.45, 7) is 6.79. The summed E-state index contributed by atoms with van der Waals surface area (Å²) in [7, 11) is 3.95. The van der Waals surface area contributed by atoms with Crippen molar-refractivity contribution in [2.24, 2.45) is 0 Å². The maximum atomic E-state index is 3.89. The summed E-state index contributed by atoms with van der Waals surface area (Å²) >= 11 is 0. The standard InChI is InChI=1S/C10H17N3/c1-9(2)10(11-3)7-13-6-5-12(4)8-13/h5-7,11H,1,8H2,2-4H3/b10-7-. The lowest BCUT2D eigenvalue weighted by molar-refractivity contribution is 0.362. The number of allylic oxidation sites excluding steroid dienone is 1. The van der Waals surface area contributed by atoms with Gasteiger partial charge < -0.3 is 15.1 Å². The van der Waals surface area contributed by atoms with Crippen LogP contribution in [-0.2, 0) is 0 Å². The van der Waals surface area contributed by atoms with Gasteiger partial charge in [0.15, 0.2) is 0 Å². The third-order valence-electron chi connectivity index (χ3n) is 1.92. The molecule has 0 aromatic heterocycles. The number of nitrogens with zero attached hydrogens (tertiary/aromatic N) is 2. The molecular formula is C10H17N3. The molecule has 0 saturated heterocycles. The van der Waals surface area contributed by atoms with Gasteiger partial charge in [0, 0.05) is 32.7 Å². The maximum Gasteiger partial charge on any atom is 0.0934 e. The summed E-state index contributed by atoms with van der Waals surface area (Å²) in [5, 5.41) is 3.11. The first-order chi connectivity index (χ1) is 6.13. The Balaban J connectivity index is 2.64. The van der Waals surface area contributed by atoms with Gasteiger partial charge in [-0.3, -0.25) is 0 Å². The molecule has 0 radical (unpaired) electrons. The summed E-state index contributed by atoms with van der Waals surface area (Å²) in [5.74, 6) is 0. The highest BCUT2D eigenvalue weighted by molar-refractivity contribution is 5.24. The Kier molecular flexibility index (Phi) is 3.01. The Morgan fingerprint density at radius 2 is 2.23 bits per heavy atom. The maximum absolute atomic E-state index is 3.89. The van der Waals surface area contributed by atoms with Crippen molar-refractivity contribution in [3.8, 4) is 0 Å². The molecule has 0 unspecified atom stereocenters. The van der Waals surface area contributed by atoms with E-state index >= 15 is 0 Å². The molecule has 1 aliphatic rings. The highest BCUT2D eigenvalue weighted by Gasteiger charge is 2.06. The minimum atomic E-state index is 0.901. The molecule has 0 saturated carbocycles. The summed E-state index contributed by atoms with van der Waals surface area (Å²) in [5.41, 5.74) is 2.12.